The Morgan fingerprint density at radius 2 is 1.86 bits per heavy atom. The van der Waals surface area contributed by atoms with Crippen LogP contribution in [0, 0.1) is 0 Å². The molecule has 0 bridgehead atoms. The molecule has 1 heterocycles. The van der Waals surface area contributed by atoms with Gasteiger partial charge in [-0.1, -0.05) is 0 Å². The third kappa shape index (κ3) is 4.21. The minimum absolute atomic E-state index is 0.0475. The van der Waals surface area contributed by atoms with E-state index in [4.69, 9.17) is 4.55 Å². The van der Waals surface area contributed by atoms with Gasteiger partial charge in [-0.15, -0.1) is 0 Å². The lowest BCUT2D eigenvalue weighted by atomic mass is 10.4. The summed E-state index contributed by atoms with van der Waals surface area (Å²) in [7, 11) is -9.56. The van der Waals surface area contributed by atoms with Gasteiger partial charge in [-0.3, -0.25) is 9.45 Å². The van der Waals surface area contributed by atoms with Gasteiger partial charge >= 0.3 is 21.5 Å². The predicted octanol–water partition coefficient (Wildman–Crippen LogP) is -0.524. The van der Waals surface area contributed by atoms with Crippen molar-refractivity contribution in [1.29, 1.82) is 0 Å². The number of hydrogen-bond donors (Lipinski definition) is 1. The highest BCUT2D eigenvalue weighted by Gasteiger charge is 2.53. The maximum Gasteiger partial charge on any atom is 0.410 e. The topological polar surface area (TPSA) is 121 Å². The molecule has 0 aromatic heterocycles. The first-order chi connectivity index (χ1) is 9.76. The van der Waals surface area contributed by atoms with Crippen LogP contribution >= 0.6 is 0 Å². The molecule has 14 heteroatoms. The Kier molecular flexibility index (Phi) is 5.31. The molecule has 1 amide bonds. The molecule has 9 nitrogen and oxygen atoms in total. The van der Waals surface area contributed by atoms with Crippen LogP contribution in [-0.4, -0.2) is 80.7 Å². The summed E-state index contributed by atoms with van der Waals surface area (Å²) in [5, 5.41) is -5.13. The van der Waals surface area contributed by atoms with Crippen molar-refractivity contribution in [2.75, 3.05) is 32.6 Å². The number of sulfonamides is 1. The molecule has 1 aliphatic rings. The Morgan fingerprint density at radius 3 is 2.27 bits per heavy atom. The molecule has 130 valence electrons. The van der Waals surface area contributed by atoms with E-state index in [1.54, 1.807) is 0 Å². The Morgan fingerprint density at radius 1 is 1.32 bits per heavy atom. The molecule has 0 saturated carbocycles. The van der Waals surface area contributed by atoms with Crippen LogP contribution in [0.1, 0.15) is 0 Å². The fourth-order valence-electron chi connectivity index (χ4n) is 1.48. The maximum atomic E-state index is 13.1. The number of carbonyl (C=O) groups excluding carboxylic acids is 1. The van der Waals surface area contributed by atoms with E-state index in [1.807, 2.05) is 0 Å². The summed E-state index contributed by atoms with van der Waals surface area (Å²) in [6, 6.07) is 0. The molecule has 0 spiro atoms. The van der Waals surface area contributed by atoms with E-state index in [0.29, 0.717) is 0 Å². The van der Waals surface area contributed by atoms with Crippen molar-refractivity contribution in [2.45, 2.75) is 11.4 Å². The lowest BCUT2D eigenvalue weighted by molar-refractivity contribution is -0.0339. The predicted molar refractivity (Wildman–Crippen MR) is 65.9 cm³/mol. The van der Waals surface area contributed by atoms with Gasteiger partial charge in [0.15, 0.2) is 0 Å². The molecular formula is C8H13F3N2O7S2. The highest BCUT2D eigenvalue weighted by Crippen LogP contribution is 2.27. The zero-order valence-electron chi connectivity index (χ0n) is 11.1. The number of alkyl halides is 3. The van der Waals surface area contributed by atoms with Gasteiger partial charge in [0.05, 0.1) is 12.9 Å². The number of amides is 1. The normalized spacial score (nSPS) is 19.2. The first-order valence-corrected chi connectivity index (χ1v) is 8.91. The van der Waals surface area contributed by atoms with Crippen molar-refractivity contribution in [3.63, 3.8) is 0 Å². The van der Waals surface area contributed by atoms with Crippen molar-refractivity contribution in [3.05, 3.63) is 0 Å². The van der Waals surface area contributed by atoms with Crippen molar-refractivity contribution < 1.29 is 44.1 Å². The van der Waals surface area contributed by atoms with Crippen LogP contribution in [0.4, 0.5) is 18.0 Å². The second-order valence-electron chi connectivity index (χ2n) is 4.42. The molecule has 22 heavy (non-hydrogen) atoms. The third-order valence-electron chi connectivity index (χ3n) is 2.74. The fraction of sp³-hybridized carbons (Fsp3) is 0.875. The number of hydrogen-bond acceptors (Lipinski definition) is 6. The van der Waals surface area contributed by atoms with Crippen molar-refractivity contribution in [3.8, 4) is 0 Å². The molecule has 0 aliphatic carbocycles. The van der Waals surface area contributed by atoms with Gasteiger partial charge in [-0.25, -0.2) is 17.6 Å². The average molecular weight is 370 g/mol. The van der Waals surface area contributed by atoms with Gasteiger partial charge in [0.1, 0.15) is 6.61 Å². The highest BCUT2D eigenvalue weighted by molar-refractivity contribution is 7.88. The summed E-state index contributed by atoms with van der Waals surface area (Å²) in [6.45, 7) is -2.17. The number of rotatable bonds is 5. The lowest BCUT2D eigenvalue weighted by Crippen LogP contribution is -2.42. The average Bonchev–Trinajstić information content (AvgIpc) is 2.83. The van der Waals surface area contributed by atoms with Crippen molar-refractivity contribution >= 4 is 26.2 Å². The summed E-state index contributed by atoms with van der Waals surface area (Å²) in [6.07, 6.45) is -3.87. The van der Waals surface area contributed by atoms with E-state index in [-0.39, 0.29) is 13.1 Å². The van der Waals surface area contributed by atoms with Crippen LogP contribution < -0.4 is 0 Å². The van der Waals surface area contributed by atoms with E-state index in [0.717, 1.165) is 15.5 Å². The Balaban J connectivity index is 2.58. The van der Waals surface area contributed by atoms with E-state index in [2.05, 4.69) is 4.74 Å². The summed E-state index contributed by atoms with van der Waals surface area (Å²) in [4.78, 5) is 12.3. The molecule has 0 radical (unpaired) electrons. The SMILES string of the molecule is CS(=O)(=O)N1CCN(C(=O)OCC(F)C(F)(F)S(=O)(=O)O)C1. The lowest BCUT2D eigenvalue weighted by Gasteiger charge is -2.20. The van der Waals surface area contributed by atoms with E-state index >= 15 is 0 Å². The van der Waals surface area contributed by atoms with Gasteiger partial charge in [0.2, 0.25) is 16.2 Å². The van der Waals surface area contributed by atoms with Crippen LogP contribution in [0.2, 0.25) is 0 Å². The largest absolute Gasteiger partial charge is 0.446 e. The van der Waals surface area contributed by atoms with E-state index in [9.17, 15) is 34.8 Å². The summed E-state index contributed by atoms with van der Waals surface area (Å²) in [5.74, 6) is 0. The molecule has 1 fully saturated rings. The number of ether oxygens (including phenoxy) is 1. The smallest absolute Gasteiger partial charge is 0.410 e. The molecular weight excluding hydrogens is 357 g/mol. The zero-order valence-corrected chi connectivity index (χ0v) is 12.8. The second-order valence-corrected chi connectivity index (χ2v) is 7.90. The summed E-state index contributed by atoms with van der Waals surface area (Å²) >= 11 is 0. The van der Waals surface area contributed by atoms with Crippen LogP contribution in [-0.2, 0) is 24.9 Å². The summed E-state index contributed by atoms with van der Waals surface area (Å²) < 4.78 is 95.1. The molecule has 1 aliphatic heterocycles. The Labute approximate surface area is 124 Å². The minimum Gasteiger partial charge on any atom is -0.446 e. The molecule has 1 saturated heterocycles. The molecule has 1 N–H and O–H groups in total. The Bertz CT molecular complexity index is 636. The van der Waals surface area contributed by atoms with Gasteiger partial charge < -0.3 is 4.74 Å². The second kappa shape index (κ2) is 6.17. The van der Waals surface area contributed by atoms with Crippen molar-refractivity contribution in [2.24, 2.45) is 0 Å². The van der Waals surface area contributed by atoms with Gasteiger partial charge in [0.25, 0.3) is 0 Å². The fourth-order valence-corrected chi connectivity index (χ4v) is 2.63. The minimum atomic E-state index is -6.00. The van der Waals surface area contributed by atoms with Crippen LogP contribution in [0.3, 0.4) is 0 Å². The zero-order chi connectivity index (χ0) is 17.3. The van der Waals surface area contributed by atoms with Crippen LogP contribution in [0.5, 0.6) is 0 Å². The molecule has 1 atom stereocenters. The molecule has 0 aromatic rings. The maximum absolute atomic E-state index is 13.1. The number of halogens is 3. The monoisotopic (exact) mass is 370 g/mol. The number of carbonyl (C=O) groups is 1. The number of nitrogens with zero attached hydrogens (tertiary/aromatic N) is 2. The van der Waals surface area contributed by atoms with Crippen LogP contribution in [0.15, 0.2) is 0 Å². The van der Waals surface area contributed by atoms with E-state index < -0.39 is 50.9 Å². The standard InChI is InChI=1S/C8H13F3N2O7S2/c1-21(15,16)13-3-2-12(5-13)7(14)20-4-6(9)8(10,11)22(17,18)19/h6H,2-5H2,1H3,(H,17,18,19). The highest BCUT2D eigenvalue weighted by atomic mass is 32.2. The molecule has 0 aromatic carbocycles. The quantitative estimate of drug-likeness (QED) is 0.646. The molecule has 1 unspecified atom stereocenters. The van der Waals surface area contributed by atoms with Gasteiger partial charge in [-0.05, 0) is 0 Å². The Hall–Kier alpha value is -1.12. The van der Waals surface area contributed by atoms with Gasteiger partial charge in [-0.2, -0.15) is 21.5 Å². The summed E-state index contributed by atoms with van der Waals surface area (Å²) in [5.41, 5.74) is 0. The first-order valence-electron chi connectivity index (χ1n) is 5.62. The van der Waals surface area contributed by atoms with Crippen LogP contribution in [0.25, 0.3) is 0 Å². The van der Waals surface area contributed by atoms with E-state index in [1.165, 1.54) is 0 Å². The first kappa shape index (κ1) is 18.9. The van der Waals surface area contributed by atoms with Crippen molar-refractivity contribution in [1.82, 2.24) is 9.21 Å². The molecule has 1 rings (SSSR count). The van der Waals surface area contributed by atoms with Gasteiger partial charge in [0, 0.05) is 13.1 Å². The third-order valence-corrected chi connectivity index (χ3v) is 4.92.